The third-order valence-corrected chi connectivity index (χ3v) is 7.98. The molecule has 226 valence electrons. The number of aromatic hydroxyl groups is 1. The molecule has 1 saturated heterocycles. The summed E-state index contributed by atoms with van der Waals surface area (Å²) in [6.07, 6.45) is 4.35. The Kier molecular flexibility index (Phi) is 11.0. The summed E-state index contributed by atoms with van der Waals surface area (Å²) in [7, 11) is 1.73. The van der Waals surface area contributed by atoms with Crippen molar-refractivity contribution in [2.75, 3.05) is 63.7 Å². The Hall–Kier alpha value is -3.89. The molecule has 10 heteroatoms. The lowest BCUT2D eigenvalue weighted by Crippen LogP contribution is -2.36. The summed E-state index contributed by atoms with van der Waals surface area (Å²) in [4.78, 5) is 26.3. The molecule has 1 fully saturated rings. The molecular weight excluding hydrogens is 532 g/mol. The lowest BCUT2D eigenvalue weighted by molar-refractivity contribution is -0.125. The summed E-state index contributed by atoms with van der Waals surface area (Å²) in [6, 6.07) is 12.4. The molecule has 1 atom stereocenters. The fourth-order valence-corrected chi connectivity index (χ4v) is 5.66. The van der Waals surface area contributed by atoms with Crippen LogP contribution in [-0.4, -0.2) is 89.9 Å². The Labute approximate surface area is 248 Å². The SMILES string of the molecule is C=CC(=O)N(CC)CC.COCCN1CCC[C@H]1COc1nc(N)c2c(n1)CN(c1cc(O)cc3ccccc13)CC2. The minimum atomic E-state index is 0.0139. The molecule has 0 unspecified atom stereocenters. The van der Waals surface area contributed by atoms with E-state index in [1.54, 1.807) is 18.1 Å². The van der Waals surface area contributed by atoms with Gasteiger partial charge in [-0.05, 0) is 57.2 Å². The van der Waals surface area contributed by atoms with E-state index >= 15 is 0 Å². The largest absolute Gasteiger partial charge is 0.508 e. The van der Waals surface area contributed by atoms with Gasteiger partial charge in [0.05, 0.1) is 18.8 Å². The van der Waals surface area contributed by atoms with Gasteiger partial charge in [0.2, 0.25) is 5.91 Å². The number of nitrogens with zero attached hydrogens (tertiary/aromatic N) is 5. The van der Waals surface area contributed by atoms with E-state index in [0.29, 0.717) is 31.0 Å². The number of amides is 1. The second kappa shape index (κ2) is 14.8. The van der Waals surface area contributed by atoms with E-state index in [9.17, 15) is 9.90 Å². The van der Waals surface area contributed by atoms with Gasteiger partial charge < -0.3 is 30.1 Å². The Morgan fingerprint density at radius 3 is 2.71 bits per heavy atom. The van der Waals surface area contributed by atoms with Crippen LogP contribution in [0.25, 0.3) is 10.8 Å². The minimum absolute atomic E-state index is 0.0139. The summed E-state index contributed by atoms with van der Waals surface area (Å²) in [5.74, 6) is 0.772. The monoisotopic (exact) mass is 576 g/mol. The van der Waals surface area contributed by atoms with E-state index < -0.39 is 0 Å². The van der Waals surface area contributed by atoms with Crippen molar-refractivity contribution in [3.63, 3.8) is 0 Å². The zero-order chi connectivity index (χ0) is 30.1. The highest BCUT2D eigenvalue weighted by atomic mass is 16.5. The molecular formula is C32H44N6O4. The maximum absolute atomic E-state index is 10.8. The van der Waals surface area contributed by atoms with Gasteiger partial charge in [0.1, 0.15) is 18.2 Å². The van der Waals surface area contributed by atoms with Crippen molar-refractivity contribution in [3.05, 3.63) is 60.3 Å². The third kappa shape index (κ3) is 7.49. The van der Waals surface area contributed by atoms with Crippen molar-refractivity contribution in [1.82, 2.24) is 19.8 Å². The number of methoxy groups -OCH3 is 1. The minimum Gasteiger partial charge on any atom is -0.508 e. The maximum atomic E-state index is 10.8. The zero-order valence-electron chi connectivity index (χ0n) is 25.1. The number of anilines is 2. The number of phenolic OH excluding ortho intramolecular Hbond substituents is 1. The van der Waals surface area contributed by atoms with Gasteiger partial charge in [0.25, 0.3) is 0 Å². The van der Waals surface area contributed by atoms with E-state index in [-0.39, 0.29) is 11.7 Å². The summed E-state index contributed by atoms with van der Waals surface area (Å²) in [5, 5.41) is 12.4. The van der Waals surface area contributed by atoms with Gasteiger partial charge in [-0.1, -0.05) is 30.8 Å². The lowest BCUT2D eigenvalue weighted by atomic mass is 10.0. The molecule has 1 amide bonds. The smallest absolute Gasteiger partial charge is 0.318 e. The number of likely N-dealkylation sites (N-methyl/N-ethyl adjacent to an activating group) is 1. The molecule has 3 N–H and O–H groups in total. The molecule has 3 aromatic rings. The van der Waals surface area contributed by atoms with Crippen LogP contribution in [0.15, 0.2) is 49.1 Å². The van der Waals surface area contributed by atoms with Crippen LogP contribution in [-0.2, 0) is 22.5 Å². The van der Waals surface area contributed by atoms with Crippen LogP contribution in [0.3, 0.4) is 0 Å². The first kappa shape index (κ1) is 31.1. The number of rotatable bonds is 10. The number of carbonyl (C=O) groups is 1. The first-order valence-electron chi connectivity index (χ1n) is 14.8. The fraction of sp³-hybridized carbons (Fsp3) is 0.469. The van der Waals surface area contributed by atoms with Crippen LogP contribution in [0, 0.1) is 0 Å². The number of nitrogen functional groups attached to an aromatic ring is 1. The number of likely N-dealkylation sites (tertiary alicyclic amines) is 1. The molecule has 2 aliphatic heterocycles. The number of phenols is 1. The van der Waals surface area contributed by atoms with Crippen molar-refractivity contribution >= 4 is 28.2 Å². The van der Waals surface area contributed by atoms with Crippen LogP contribution in [0.1, 0.15) is 37.9 Å². The molecule has 0 spiro atoms. The third-order valence-electron chi connectivity index (χ3n) is 7.98. The van der Waals surface area contributed by atoms with Gasteiger partial charge in [0.15, 0.2) is 0 Å². The van der Waals surface area contributed by atoms with Crippen molar-refractivity contribution in [2.45, 2.75) is 45.7 Å². The van der Waals surface area contributed by atoms with Gasteiger partial charge in [-0.15, -0.1) is 0 Å². The number of ether oxygens (including phenoxy) is 2. The van der Waals surface area contributed by atoms with E-state index in [4.69, 9.17) is 20.2 Å². The van der Waals surface area contributed by atoms with E-state index in [1.165, 1.54) is 6.08 Å². The molecule has 0 saturated carbocycles. The fourth-order valence-electron chi connectivity index (χ4n) is 5.66. The summed E-state index contributed by atoms with van der Waals surface area (Å²) >= 11 is 0. The van der Waals surface area contributed by atoms with E-state index in [1.807, 2.05) is 38.1 Å². The number of benzene rings is 2. The summed E-state index contributed by atoms with van der Waals surface area (Å²) in [6.45, 7) is 13.4. The first-order chi connectivity index (χ1) is 20.4. The van der Waals surface area contributed by atoms with Crippen LogP contribution in [0.4, 0.5) is 11.5 Å². The number of hydrogen-bond acceptors (Lipinski definition) is 9. The highest BCUT2D eigenvalue weighted by molar-refractivity contribution is 5.95. The van der Waals surface area contributed by atoms with Crippen LogP contribution in [0.5, 0.6) is 11.8 Å². The number of fused-ring (bicyclic) bond motifs is 2. The van der Waals surface area contributed by atoms with Crippen LogP contribution >= 0.6 is 0 Å². The number of nitrogens with two attached hydrogens (primary N) is 1. The predicted molar refractivity (Wildman–Crippen MR) is 167 cm³/mol. The van der Waals surface area contributed by atoms with Gasteiger partial charge >= 0.3 is 6.01 Å². The second-order valence-corrected chi connectivity index (χ2v) is 10.5. The van der Waals surface area contributed by atoms with Crippen molar-refractivity contribution < 1.29 is 19.4 Å². The standard InChI is InChI=1S/C25H31N5O3.C7H13NO/c1-32-12-11-29-9-4-6-18(29)16-33-25-27-22-15-30(10-8-21(22)24(26)28-25)23-14-19(31)13-17-5-2-3-7-20(17)23;1-4-7(9)8(5-2)6-3/h2-3,5,7,13-14,18,31H,4,6,8-12,15-16H2,1H3,(H2,26,27,28);4H,1,5-6H2,2-3H3/t18-;/m0./s1. The van der Waals surface area contributed by atoms with Gasteiger partial charge in [0, 0.05) is 62.0 Å². The maximum Gasteiger partial charge on any atom is 0.318 e. The molecule has 2 aromatic carbocycles. The molecule has 0 bridgehead atoms. The number of hydrogen-bond donors (Lipinski definition) is 2. The van der Waals surface area contributed by atoms with E-state index in [2.05, 4.69) is 27.4 Å². The highest BCUT2D eigenvalue weighted by Gasteiger charge is 2.27. The normalized spacial score (nSPS) is 16.5. The average molecular weight is 577 g/mol. The Morgan fingerprint density at radius 1 is 1.21 bits per heavy atom. The molecule has 0 radical (unpaired) electrons. The first-order valence-corrected chi connectivity index (χ1v) is 14.8. The quantitative estimate of drug-likeness (QED) is 0.345. The molecule has 5 rings (SSSR count). The molecule has 2 aliphatic rings. The Morgan fingerprint density at radius 2 is 2.00 bits per heavy atom. The summed E-state index contributed by atoms with van der Waals surface area (Å²) in [5.41, 5.74) is 9.18. The molecule has 10 nitrogen and oxygen atoms in total. The molecule has 3 heterocycles. The average Bonchev–Trinajstić information content (AvgIpc) is 3.46. The van der Waals surface area contributed by atoms with E-state index in [0.717, 1.165) is 86.3 Å². The van der Waals surface area contributed by atoms with Gasteiger partial charge in [-0.3, -0.25) is 9.69 Å². The molecule has 0 aliphatic carbocycles. The molecule has 1 aromatic heterocycles. The van der Waals surface area contributed by atoms with Gasteiger partial charge in [-0.25, -0.2) is 0 Å². The van der Waals surface area contributed by atoms with Crippen molar-refractivity contribution in [1.29, 1.82) is 0 Å². The van der Waals surface area contributed by atoms with Crippen molar-refractivity contribution in [3.8, 4) is 11.8 Å². The second-order valence-electron chi connectivity index (χ2n) is 10.5. The van der Waals surface area contributed by atoms with Gasteiger partial charge in [-0.2, -0.15) is 9.97 Å². The summed E-state index contributed by atoms with van der Waals surface area (Å²) < 4.78 is 11.3. The molecule has 42 heavy (non-hydrogen) atoms. The lowest BCUT2D eigenvalue weighted by Gasteiger charge is -2.31. The van der Waals surface area contributed by atoms with Crippen LogP contribution in [0.2, 0.25) is 0 Å². The topological polar surface area (TPSA) is 117 Å². The predicted octanol–water partition coefficient (Wildman–Crippen LogP) is 4.01. The van der Waals surface area contributed by atoms with Crippen LogP contribution < -0.4 is 15.4 Å². The highest BCUT2D eigenvalue weighted by Crippen LogP contribution is 2.35. The van der Waals surface area contributed by atoms with Crippen molar-refractivity contribution in [2.24, 2.45) is 0 Å². The Bertz CT molecular complexity index is 1360. The zero-order valence-corrected chi connectivity index (χ0v) is 25.1. The number of carbonyl (C=O) groups excluding carboxylic acids is 1. The Balaban J connectivity index is 0.000000392. The number of aromatic nitrogens is 2.